The van der Waals surface area contributed by atoms with Gasteiger partial charge in [-0.3, -0.25) is 0 Å². The molecule has 0 aliphatic rings. The van der Waals surface area contributed by atoms with Gasteiger partial charge < -0.3 is 4.57 Å². The second kappa shape index (κ2) is 4.38. The van der Waals surface area contributed by atoms with Crippen LogP contribution < -0.4 is 4.72 Å². The number of hydrogen-bond donors (Lipinski definition) is 1. The van der Waals surface area contributed by atoms with Crippen LogP contribution in [0.2, 0.25) is 0 Å². The van der Waals surface area contributed by atoms with E-state index in [1.807, 2.05) is 0 Å². The lowest BCUT2D eigenvalue weighted by molar-refractivity contribution is 0.581. The van der Waals surface area contributed by atoms with Gasteiger partial charge in [0, 0.05) is 24.2 Å². The van der Waals surface area contributed by atoms with E-state index in [0.29, 0.717) is 6.54 Å². The number of aryl methyl sites for hydroxylation is 1. The molecule has 0 aliphatic carbocycles. The molecule has 0 radical (unpaired) electrons. The fourth-order valence-electron chi connectivity index (χ4n) is 0.774. The molecule has 1 rings (SSSR count). The highest BCUT2D eigenvalue weighted by atomic mass is 127. The van der Waals surface area contributed by atoms with Crippen molar-refractivity contribution in [2.75, 3.05) is 11.0 Å². The first kappa shape index (κ1) is 10.9. The molecule has 0 aliphatic heterocycles. The van der Waals surface area contributed by atoms with Crippen molar-refractivity contribution in [3.63, 3.8) is 0 Å². The Hall–Kier alpha value is -0.150. The molecule has 0 bridgehead atoms. The van der Waals surface area contributed by atoms with Gasteiger partial charge in [0.25, 0.3) is 10.0 Å². The van der Waals surface area contributed by atoms with E-state index in [2.05, 4.69) is 32.3 Å². The number of nitrogens with zero attached hydrogens (tertiary/aromatic N) is 2. The summed E-state index contributed by atoms with van der Waals surface area (Å²) >= 11 is 2.10. The number of alkyl halides is 1. The van der Waals surface area contributed by atoms with Crippen LogP contribution in [0.4, 0.5) is 0 Å². The van der Waals surface area contributed by atoms with Gasteiger partial charge in [-0.1, -0.05) is 22.6 Å². The Morgan fingerprint density at radius 1 is 1.69 bits per heavy atom. The first-order chi connectivity index (χ1) is 6.06. The number of sulfonamides is 1. The molecule has 13 heavy (non-hydrogen) atoms. The summed E-state index contributed by atoms with van der Waals surface area (Å²) in [6, 6.07) is 0. The van der Waals surface area contributed by atoms with Crippen molar-refractivity contribution in [2.24, 2.45) is 7.05 Å². The zero-order valence-corrected chi connectivity index (χ0v) is 10.0. The Morgan fingerprint density at radius 2 is 2.38 bits per heavy atom. The van der Waals surface area contributed by atoms with Crippen molar-refractivity contribution < 1.29 is 8.42 Å². The van der Waals surface area contributed by atoms with Crippen molar-refractivity contribution in [3.05, 3.63) is 12.5 Å². The summed E-state index contributed by atoms with van der Waals surface area (Å²) in [5, 5.41) is 0.0693. The molecule has 0 atom stereocenters. The maximum atomic E-state index is 11.4. The summed E-state index contributed by atoms with van der Waals surface area (Å²) in [5.74, 6) is 0. The topological polar surface area (TPSA) is 64.0 Å². The van der Waals surface area contributed by atoms with Gasteiger partial charge in [0.15, 0.2) is 5.03 Å². The molecule has 7 heteroatoms. The molecule has 0 fully saturated rings. The van der Waals surface area contributed by atoms with Gasteiger partial charge in [-0.2, -0.15) is 0 Å². The largest absolute Gasteiger partial charge is 0.339 e. The fourth-order valence-corrected chi connectivity index (χ4v) is 2.42. The van der Waals surface area contributed by atoms with Crippen molar-refractivity contribution in [3.8, 4) is 0 Å². The fraction of sp³-hybridized carbons (Fsp3) is 0.500. The van der Waals surface area contributed by atoms with Crippen LogP contribution in [-0.4, -0.2) is 28.9 Å². The van der Waals surface area contributed by atoms with Gasteiger partial charge >= 0.3 is 0 Å². The van der Waals surface area contributed by atoms with Gasteiger partial charge in [-0.25, -0.2) is 18.1 Å². The highest BCUT2D eigenvalue weighted by Gasteiger charge is 2.15. The lowest BCUT2D eigenvalue weighted by Crippen LogP contribution is -2.25. The normalized spacial score (nSPS) is 11.8. The van der Waals surface area contributed by atoms with E-state index in [0.717, 1.165) is 4.43 Å². The summed E-state index contributed by atoms with van der Waals surface area (Å²) in [5.41, 5.74) is 0. The Morgan fingerprint density at radius 3 is 2.85 bits per heavy atom. The highest BCUT2D eigenvalue weighted by Crippen LogP contribution is 2.03. The molecular weight excluding hydrogens is 305 g/mol. The van der Waals surface area contributed by atoms with Crippen LogP contribution in [0.25, 0.3) is 0 Å². The lowest BCUT2D eigenvalue weighted by atomic mass is 10.8. The zero-order valence-electron chi connectivity index (χ0n) is 7.07. The number of aromatic nitrogens is 2. The Balaban J connectivity index is 2.82. The first-order valence-corrected chi connectivity index (χ1v) is 6.61. The molecule has 1 N–H and O–H groups in total. The standard InChI is InChI=1S/C6H10IN3O2S/c1-10-4-6(8-5-10)13(11,12)9-3-2-7/h4-5,9H,2-3H2,1H3. The zero-order chi connectivity index (χ0) is 9.90. The van der Waals surface area contributed by atoms with Gasteiger partial charge in [-0.05, 0) is 0 Å². The molecule has 0 spiro atoms. The van der Waals surface area contributed by atoms with Gasteiger partial charge in [0.1, 0.15) is 0 Å². The summed E-state index contributed by atoms with van der Waals surface area (Å²) < 4.78 is 27.6. The molecule has 0 aromatic carbocycles. The van der Waals surface area contributed by atoms with E-state index in [4.69, 9.17) is 0 Å². The van der Waals surface area contributed by atoms with Crippen molar-refractivity contribution in [2.45, 2.75) is 5.03 Å². The van der Waals surface area contributed by atoms with E-state index in [1.165, 1.54) is 12.5 Å². The van der Waals surface area contributed by atoms with Gasteiger partial charge in [0.2, 0.25) is 0 Å². The minimum absolute atomic E-state index is 0.0693. The van der Waals surface area contributed by atoms with Crippen LogP contribution in [0.3, 0.4) is 0 Å². The van der Waals surface area contributed by atoms with Crippen LogP contribution in [0.15, 0.2) is 17.6 Å². The smallest absolute Gasteiger partial charge is 0.259 e. The minimum Gasteiger partial charge on any atom is -0.339 e. The average molecular weight is 315 g/mol. The van der Waals surface area contributed by atoms with E-state index in [9.17, 15) is 8.42 Å². The van der Waals surface area contributed by atoms with Crippen LogP contribution in [0.5, 0.6) is 0 Å². The highest BCUT2D eigenvalue weighted by molar-refractivity contribution is 14.1. The molecule has 1 aromatic rings. The van der Waals surface area contributed by atoms with Crippen LogP contribution >= 0.6 is 22.6 Å². The molecule has 5 nitrogen and oxygen atoms in total. The molecular formula is C6H10IN3O2S. The van der Waals surface area contributed by atoms with Crippen LogP contribution in [0, 0.1) is 0 Å². The quantitative estimate of drug-likeness (QED) is 0.635. The molecule has 1 aromatic heterocycles. The molecule has 0 amide bonds. The summed E-state index contributed by atoms with van der Waals surface area (Å²) in [6.45, 7) is 0.430. The number of nitrogens with one attached hydrogen (secondary N) is 1. The van der Waals surface area contributed by atoms with Crippen LogP contribution in [-0.2, 0) is 17.1 Å². The van der Waals surface area contributed by atoms with Crippen LogP contribution in [0.1, 0.15) is 0 Å². The minimum atomic E-state index is -3.39. The second-order valence-corrected chi connectivity index (χ2v) is 5.26. The maximum absolute atomic E-state index is 11.4. The average Bonchev–Trinajstić information content (AvgIpc) is 2.49. The number of rotatable bonds is 4. The van der Waals surface area contributed by atoms with Crippen molar-refractivity contribution >= 4 is 32.6 Å². The predicted octanol–water partition coefficient (Wildman–Crippen LogP) is 0.133. The number of halogens is 1. The second-order valence-electron chi connectivity index (χ2n) is 2.46. The van der Waals surface area contributed by atoms with Crippen molar-refractivity contribution in [1.82, 2.24) is 14.3 Å². The molecule has 0 saturated carbocycles. The third kappa shape index (κ3) is 2.92. The molecule has 0 saturated heterocycles. The Labute approximate surface area is 90.7 Å². The molecule has 1 heterocycles. The van der Waals surface area contributed by atoms with Gasteiger partial charge in [-0.15, -0.1) is 0 Å². The maximum Gasteiger partial charge on any atom is 0.259 e. The van der Waals surface area contributed by atoms with E-state index < -0.39 is 10.0 Å². The SMILES string of the molecule is Cn1cnc(S(=O)(=O)NCCI)c1. The molecule has 0 unspecified atom stereocenters. The van der Waals surface area contributed by atoms with E-state index in [-0.39, 0.29) is 5.03 Å². The number of imidazole rings is 1. The summed E-state index contributed by atoms with van der Waals surface area (Å²) in [4.78, 5) is 3.75. The summed E-state index contributed by atoms with van der Waals surface area (Å²) in [6.07, 6.45) is 2.92. The lowest BCUT2D eigenvalue weighted by Gasteiger charge is -2.00. The molecule has 74 valence electrons. The van der Waals surface area contributed by atoms with Gasteiger partial charge in [0.05, 0.1) is 6.33 Å². The Kier molecular flexibility index (Phi) is 3.68. The van der Waals surface area contributed by atoms with E-state index >= 15 is 0 Å². The first-order valence-electron chi connectivity index (χ1n) is 3.60. The third-order valence-electron chi connectivity index (χ3n) is 1.34. The predicted molar refractivity (Wildman–Crippen MR) is 57.3 cm³/mol. The monoisotopic (exact) mass is 315 g/mol. The third-order valence-corrected chi connectivity index (χ3v) is 3.23. The van der Waals surface area contributed by atoms with E-state index in [1.54, 1.807) is 11.6 Å². The number of hydrogen-bond acceptors (Lipinski definition) is 3. The van der Waals surface area contributed by atoms with Crippen molar-refractivity contribution in [1.29, 1.82) is 0 Å². The Bertz CT molecular complexity index is 373. The summed E-state index contributed by atoms with van der Waals surface area (Å²) in [7, 11) is -1.66.